The predicted molar refractivity (Wildman–Crippen MR) is 83.0 cm³/mol. The minimum absolute atomic E-state index is 0.547. The summed E-state index contributed by atoms with van der Waals surface area (Å²) in [6.07, 6.45) is 0.935. The van der Waals surface area contributed by atoms with Crippen LogP contribution in [0.3, 0.4) is 0 Å². The second kappa shape index (κ2) is 5.13. The number of nitrogens with zero attached hydrogens (tertiary/aromatic N) is 2. The van der Waals surface area contributed by atoms with Gasteiger partial charge in [-0.15, -0.1) is 4.91 Å². The van der Waals surface area contributed by atoms with Gasteiger partial charge in [0.05, 0.1) is 12.8 Å². The third-order valence-corrected chi connectivity index (χ3v) is 4.46. The highest BCUT2D eigenvalue weighted by atomic mass is 32.1. The minimum atomic E-state index is 0.547. The molecule has 3 rings (SSSR count). The van der Waals surface area contributed by atoms with Crippen LogP contribution in [-0.2, 0) is 6.42 Å². The summed E-state index contributed by atoms with van der Waals surface area (Å²) >= 11 is 1.40. The van der Waals surface area contributed by atoms with Gasteiger partial charge in [0, 0.05) is 30.9 Å². The molecule has 0 unspecified atom stereocenters. The molecular formula is C14H15N3O2S. The molecule has 1 aliphatic rings. The van der Waals surface area contributed by atoms with Gasteiger partial charge in [-0.1, -0.05) is 17.4 Å². The lowest BCUT2D eigenvalue weighted by molar-refractivity contribution is 0.415. The molecule has 20 heavy (non-hydrogen) atoms. The molecule has 0 bridgehead atoms. The molecule has 0 saturated carbocycles. The first-order valence-electron chi connectivity index (χ1n) is 6.34. The summed E-state index contributed by atoms with van der Waals surface area (Å²) in [6.45, 7) is 0.924. The summed E-state index contributed by atoms with van der Waals surface area (Å²) in [5.41, 5.74) is 3.09. The van der Waals surface area contributed by atoms with Crippen LogP contribution in [0.5, 0.6) is 5.75 Å². The zero-order valence-corrected chi connectivity index (χ0v) is 12.2. The Balaban J connectivity index is 1.95. The average Bonchev–Trinajstić information content (AvgIpc) is 3.01. The molecule has 0 amide bonds. The van der Waals surface area contributed by atoms with E-state index in [1.165, 1.54) is 16.9 Å². The third-order valence-electron chi connectivity index (χ3n) is 3.45. The van der Waals surface area contributed by atoms with Crippen molar-refractivity contribution in [2.45, 2.75) is 6.42 Å². The summed E-state index contributed by atoms with van der Waals surface area (Å²) in [5, 5.41) is 8.06. The number of likely N-dealkylation sites (N-methyl/N-ethyl adjacent to an activating group) is 1. The number of nitroso groups, excluding NO2 is 1. The van der Waals surface area contributed by atoms with Crippen LogP contribution in [0.2, 0.25) is 0 Å². The molecule has 5 nitrogen and oxygen atoms in total. The SMILES string of the molecule is COc1cccc(Nc2sc(N=O)c3c2CCN3C)c1. The zero-order valence-electron chi connectivity index (χ0n) is 11.3. The van der Waals surface area contributed by atoms with E-state index in [0.29, 0.717) is 5.00 Å². The fraction of sp³-hybridized carbons (Fsp3) is 0.286. The number of fused-ring (bicyclic) bond motifs is 1. The van der Waals surface area contributed by atoms with E-state index >= 15 is 0 Å². The van der Waals surface area contributed by atoms with Crippen LogP contribution >= 0.6 is 11.3 Å². The van der Waals surface area contributed by atoms with E-state index in [0.717, 1.165) is 35.1 Å². The molecule has 104 valence electrons. The Kier molecular flexibility index (Phi) is 3.31. The van der Waals surface area contributed by atoms with Gasteiger partial charge in [0.15, 0.2) is 5.00 Å². The maximum atomic E-state index is 11.0. The number of anilines is 3. The number of benzene rings is 1. The molecule has 1 aromatic heterocycles. The zero-order chi connectivity index (χ0) is 14.1. The topological polar surface area (TPSA) is 53.9 Å². The van der Waals surface area contributed by atoms with Gasteiger partial charge < -0.3 is 15.0 Å². The molecule has 6 heteroatoms. The lowest BCUT2D eigenvalue weighted by Crippen LogP contribution is -2.12. The van der Waals surface area contributed by atoms with Gasteiger partial charge in [-0.2, -0.15) is 0 Å². The number of nitrogens with one attached hydrogen (secondary N) is 1. The number of thiophene rings is 1. The van der Waals surface area contributed by atoms with E-state index in [2.05, 4.69) is 15.4 Å². The van der Waals surface area contributed by atoms with Gasteiger partial charge in [-0.25, -0.2) is 0 Å². The summed E-state index contributed by atoms with van der Waals surface area (Å²) in [5.74, 6) is 0.800. The Morgan fingerprint density at radius 3 is 3.05 bits per heavy atom. The Bertz CT molecular complexity index is 654. The normalized spacial score (nSPS) is 13.2. The van der Waals surface area contributed by atoms with Crippen molar-refractivity contribution in [3.63, 3.8) is 0 Å². The smallest absolute Gasteiger partial charge is 0.186 e. The highest BCUT2D eigenvalue weighted by Crippen LogP contribution is 2.49. The first kappa shape index (κ1) is 12.9. The first-order chi connectivity index (χ1) is 9.72. The summed E-state index contributed by atoms with van der Waals surface area (Å²) in [6, 6.07) is 7.73. The molecule has 2 heterocycles. The Labute approximate surface area is 121 Å². The predicted octanol–water partition coefficient (Wildman–Crippen LogP) is 3.89. The van der Waals surface area contributed by atoms with Gasteiger partial charge in [0.1, 0.15) is 10.8 Å². The third kappa shape index (κ3) is 2.12. The summed E-state index contributed by atoms with van der Waals surface area (Å²) in [4.78, 5) is 13.0. The largest absolute Gasteiger partial charge is 0.497 e. The van der Waals surface area contributed by atoms with Crippen LogP contribution in [0.4, 0.5) is 21.4 Å². The van der Waals surface area contributed by atoms with Gasteiger partial charge in [-0.05, 0) is 23.7 Å². The number of rotatable bonds is 4. The molecule has 0 radical (unpaired) electrons. The van der Waals surface area contributed by atoms with Crippen LogP contribution in [0.25, 0.3) is 0 Å². The lowest BCUT2D eigenvalue weighted by atomic mass is 10.2. The summed E-state index contributed by atoms with van der Waals surface area (Å²) in [7, 11) is 3.63. The first-order valence-corrected chi connectivity index (χ1v) is 7.16. The molecule has 0 aliphatic carbocycles. The van der Waals surface area contributed by atoms with Crippen LogP contribution in [0, 0.1) is 4.91 Å². The number of hydrogen-bond acceptors (Lipinski definition) is 6. The molecule has 1 N–H and O–H groups in total. The lowest BCUT2D eigenvalue weighted by Gasteiger charge is -2.09. The van der Waals surface area contributed by atoms with Crippen molar-refractivity contribution in [3.8, 4) is 5.75 Å². The van der Waals surface area contributed by atoms with E-state index in [-0.39, 0.29) is 0 Å². The minimum Gasteiger partial charge on any atom is -0.497 e. The Morgan fingerprint density at radius 1 is 1.45 bits per heavy atom. The van der Waals surface area contributed by atoms with Crippen molar-refractivity contribution >= 4 is 32.7 Å². The Hall–Kier alpha value is -2.08. The van der Waals surface area contributed by atoms with E-state index in [1.54, 1.807) is 7.11 Å². The van der Waals surface area contributed by atoms with Gasteiger partial charge in [0.25, 0.3) is 0 Å². The van der Waals surface area contributed by atoms with Crippen molar-refractivity contribution in [3.05, 3.63) is 34.7 Å². The van der Waals surface area contributed by atoms with Crippen molar-refractivity contribution in [1.29, 1.82) is 0 Å². The molecule has 0 atom stereocenters. The fourth-order valence-electron chi connectivity index (χ4n) is 2.45. The van der Waals surface area contributed by atoms with Crippen molar-refractivity contribution in [2.75, 3.05) is 30.9 Å². The quantitative estimate of drug-likeness (QED) is 0.868. The van der Waals surface area contributed by atoms with Crippen LogP contribution in [0.1, 0.15) is 5.56 Å². The standard InChI is InChI=1S/C14H15N3O2S/c1-17-7-6-11-12(17)14(16-18)20-13(11)15-9-4-3-5-10(8-9)19-2/h3-5,8,15H,6-7H2,1-2H3. The van der Waals surface area contributed by atoms with E-state index < -0.39 is 0 Å². The molecule has 0 spiro atoms. The van der Waals surface area contributed by atoms with Crippen LogP contribution in [-0.4, -0.2) is 20.7 Å². The van der Waals surface area contributed by atoms with Crippen LogP contribution < -0.4 is 15.0 Å². The molecule has 2 aromatic rings. The molecule has 1 aromatic carbocycles. The van der Waals surface area contributed by atoms with E-state index in [4.69, 9.17) is 4.74 Å². The number of hydrogen-bond donors (Lipinski definition) is 1. The van der Waals surface area contributed by atoms with E-state index in [9.17, 15) is 4.91 Å². The maximum Gasteiger partial charge on any atom is 0.186 e. The summed E-state index contributed by atoms with van der Waals surface area (Å²) < 4.78 is 5.22. The second-order valence-corrected chi connectivity index (χ2v) is 5.68. The fourth-order valence-corrected chi connectivity index (χ4v) is 3.55. The number of ether oxygens (including phenoxy) is 1. The van der Waals surface area contributed by atoms with Crippen molar-refractivity contribution < 1.29 is 4.74 Å². The Morgan fingerprint density at radius 2 is 2.30 bits per heavy atom. The molecule has 0 fully saturated rings. The average molecular weight is 289 g/mol. The highest BCUT2D eigenvalue weighted by Gasteiger charge is 2.27. The van der Waals surface area contributed by atoms with Crippen molar-refractivity contribution in [2.24, 2.45) is 5.18 Å². The van der Waals surface area contributed by atoms with Gasteiger partial charge >= 0.3 is 0 Å². The molecular weight excluding hydrogens is 274 g/mol. The van der Waals surface area contributed by atoms with Gasteiger partial charge in [0.2, 0.25) is 0 Å². The second-order valence-electron chi connectivity index (χ2n) is 4.68. The highest BCUT2D eigenvalue weighted by molar-refractivity contribution is 7.20. The molecule has 1 aliphatic heterocycles. The number of methoxy groups -OCH3 is 1. The monoisotopic (exact) mass is 289 g/mol. The molecule has 0 saturated heterocycles. The van der Waals surface area contributed by atoms with Gasteiger partial charge in [-0.3, -0.25) is 0 Å². The van der Waals surface area contributed by atoms with Crippen LogP contribution in [0.15, 0.2) is 29.4 Å². The van der Waals surface area contributed by atoms with E-state index in [1.807, 2.05) is 31.3 Å². The van der Waals surface area contributed by atoms with Crippen molar-refractivity contribution in [1.82, 2.24) is 0 Å². The maximum absolute atomic E-state index is 11.0.